The molecule has 0 amide bonds. The predicted molar refractivity (Wildman–Crippen MR) is 162 cm³/mol. The Kier molecular flexibility index (Phi) is 10.6. The van der Waals surface area contributed by atoms with Crippen molar-refractivity contribution < 1.29 is 14.4 Å². The van der Waals surface area contributed by atoms with Crippen molar-refractivity contribution in [1.29, 1.82) is 5.26 Å². The van der Waals surface area contributed by atoms with Gasteiger partial charge >= 0.3 is 5.71 Å². The van der Waals surface area contributed by atoms with Crippen molar-refractivity contribution in [2.75, 3.05) is 0 Å². The summed E-state index contributed by atoms with van der Waals surface area (Å²) < 4.78 is 0. The summed E-state index contributed by atoms with van der Waals surface area (Å²) in [5.41, 5.74) is 19.0. The lowest BCUT2D eigenvalue weighted by atomic mass is 10.1. The van der Waals surface area contributed by atoms with E-state index in [4.69, 9.17) is 10.8 Å². The molecule has 194 valence electrons. The molecule has 7 heteroatoms. The van der Waals surface area contributed by atoms with E-state index in [-0.39, 0.29) is 15.5 Å². The summed E-state index contributed by atoms with van der Waals surface area (Å²) in [7, 11) is 0. The largest absolute Gasteiger partial charge is 0.361 e. The lowest BCUT2D eigenvalue weighted by Gasteiger charge is -2.10. The van der Waals surface area contributed by atoms with E-state index in [0.29, 0.717) is 5.71 Å². The standard InChI is InChI=1S/C15H12OS.C13H8N2.C2H3N.C2H4OS/c1-10(16)17-15-13-8-4-2-6-11(13)12-7-3-5-9-14(12)15;14-15-13-11-7-3-1-5-9(11)10-6-2-4-8-12(10)13;1-2-3;1-2(3)4/h2-9,15H,1H3;1-8H;1H3;1H3,(H,3,4). The maximum Gasteiger partial charge on any atom is 0.330 e. The highest BCUT2D eigenvalue weighted by Crippen LogP contribution is 2.50. The molecule has 0 saturated carbocycles. The third-order valence-corrected chi connectivity index (χ3v) is 6.89. The Labute approximate surface area is 238 Å². The van der Waals surface area contributed by atoms with Gasteiger partial charge in [0.05, 0.1) is 22.4 Å². The molecule has 5 nitrogen and oxygen atoms in total. The van der Waals surface area contributed by atoms with Crippen molar-refractivity contribution >= 4 is 40.3 Å². The van der Waals surface area contributed by atoms with E-state index in [1.54, 1.807) is 13.0 Å². The molecule has 0 aromatic heterocycles. The number of thioether (sulfide) groups is 1. The van der Waals surface area contributed by atoms with Crippen molar-refractivity contribution in [3.8, 4) is 28.3 Å². The first-order valence-electron chi connectivity index (χ1n) is 12.1. The number of fused-ring (bicyclic) bond motifs is 6. The molecule has 0 spiro atoms. The Balaban J connectivity index is 0.000000176. The van der Waals surface area contributed by atoms with E-state index in [1.807, 2.05) is 60.7 Å². The molecule has 0 unspecified atom stereocenters. The van der Waals surface area contributed by atoms with Crippen molar-refractivity contribution in [1.82, 2.24) is 0 Å². The molecule has 39 heavy (non-hydrogen) atoms. The normalized spacial score (nSPS) is 11.2. The van der Waals surface area contributed by atoms with Gasteiger partial charge in [-0.3, -0.25) is 9.59 Å². The van der Waals surface area contributed by atoms with Crippen molar-refractivity contribution in [3.05, 3.63) is 125 Å². The first kappa shape index (κ1) is 29.3. The molecule has 0 bridgehead atoms. The molecule has 0 atom stereocenters. The van der Waals surface area contributed by atoms with E-state index < -0.39 is 0 Å². The fourth-order valence-electron chi connectivity index (χ4n) is 4.50. The highest BCUT2D eigenvalue weighted by Gasteiger charge is 2.30. The first-order chi connectivity index (χ1) is 18.8. The highest BCUT2D eigenvalue weighted by atomic mass is 32.2. The maximum absolute atomic E-state index is 11.4. The van der Waals surface area contributed by atoms with Crippen molar-refractivity contribution in [3.63, 3.8) is 0 Å². The summed E-state index contributed by atoms with van der Waals surface area (Å²) in [5.74, 6) is 0. The molecule has 4 aromatic rings. The van der Waals surface area contributed by atoms with E-state index in [2.05, 4.69) is 53.8 Å². The zero-order chi connectivity index (χ0) is 28.4. The van der Waals surface area contributed by atoms with Gasteiger partial charge in [-0.05, 0) is 45.5 Å². The first-order valence-corrected chi connectivity index (χ1v) is 13.4. The minimum Gasteiger partial charge on any atom is -0.361 e. The van der Waals surface area contributed by atoms with Gasteiger partial charge in [-0.25, -0.2) is 0 Å². The van der Waals surface area contributed by atoms with Crippen LogP contribution in [0.15, 0.2) is 97.1 Å². The van der Waals surface area contributed by atoms with Crippen molar-refractivity contribution in [2.45, 2.75) is 26.0 Å². The van der Waals surface area contributed by atoms with Gasteiger partial charge in [0.25, 0.3) is 0 Å². The topological polar surface area (TPSA) is 94.3 Å². The number of carbonyl (C=O) groups excluding carboxylic acids is 2. The molecule has 0 fully saturated rings. The van der Waals surface area contributed by atoms with Crippen LogP contribution in [0.1, 0.15) is 48.3 Å². The molecule has 2 aliphatic carbocycles. The Hall–Kier alpha value is -4.21. The predicted octanol–water partition coefficient (Wildman–Crippen LogP) is 7.76. The molecule has 0 aliphatic heterocycles. The van der Waals surface area contributed by atoms with Crippen LogP contribution in [0.5, 0.6) is 0 Å². The molecular formula is C32H27N3O2S2. The molecular weight excluding hydrogens is 523 g/mol. The van der Waals surface area contributed by atoms with Gasteiger partial charge < -0.3 is 5.53 Å². The van der Waals surface area contributed by atoms with Crippen LogP contribution in [0.2, 0.25) is 0 Å². The number of carbonyl (C=O) groups is 2. The quantitative estimate of drug-likeness (QED) is 0.131. The summed E-state index contributed by atoms with van der Waals surface area (Å²) in [6.07, 6.45) is 0. The SMILES string of the molecule is CC#N.CC(=O)S.CC(=O)SC1c2ccccc2-c2ccccc21.[N-]=[N+]=C1c2ccccc2-c2ccccc21. The Morgan fingerprint density at radius 3 is 1.38 bits per heavy atom. The molecule has 0 N–H and O–H groups in total. The number of benzene rings is 4. The fourth-order valence-corrected chi connectivity index (χ4v) is 5.50. The second-order valence-electron chi connectivity index (χ2n) is 8.45. The zero-order valence-corrected chi connectivity index (χ0v) is 23.5. The maximum atomic E-state index is 11.4. The van der Waals surface area contributed by atoms with Crippen LogP contribution < -0.4 is 0 Å². The Morgan fingerprint density at radius 2 is 1.05 bits per heavy atom. The molecule has 6 rings (SSSR count). The monoisotopic (exact) mass is 549 g/mol. The van der Waals surface area contributed by atoms with Crippen LogP contribution in [-0.4, -0.2) is 20.7 Å². The van der Waals surface area contributed by atoms with Crippen LogP contribution in [0.3, 0.4) is 0 Å². The van der Waals surface area contributed by atoms with Gasteiger partial charge in [0.1, 0.15) is 0 Å². The molecule has 0 radical (unpaired) electrons. The minimum atomic E-state index is -0.139. The second kappa shape index (κ2) is 14.1. The summed E-state index contributed by atoms with van der Waals surface area (Å²) in [6.45, 7) is 4.46. The van der Waals surface area contributed by atoms with Crippen LogP contribution in [-0.2, 0) is 9.59 Å². The second-order valence-corrected chi connectivity index (χ2v) is 10.4. The number of thiol groups is 1. The van der Waals surface area contributed by atoms with Gasteiger partial charge in [0.2, 0.25) is 0 Å². The molecule has 2 aliphatic rings. The van der Waals surface area contributed by atoms with Gasteiger partial charge in [-0.15, -0.1) is 12.6 Å². The number of hydrogen-bond acceptors (Lipinski definition) is 4. The molecule has 4 aromatic carbocycles. The van der Waals surface area contributed by atoms with Crippen LogP contribution >= 0.6 is 24.4 Å². The summed E-state index contributed by atoms with van der Waals surface area (Å²) in [6, 6.07) is 34.4. The lowest BCUT2D eigenvalue weighted by Crippen LogP contribution is -1.98. The number of rotatable bonds is 1. The van der Waals surface area contributed by atoms with Gasteiger partial charge in [0.15, 0.2) is 10.2 Å². The number of nitriles is 1. The van der Waals surface area contributed by atoms with E-state index in [0.717, 1.165) is 22.3 Å². The Bertz CT molecular complexity index is 1500. The van der Waals surface area contributed by atoms with Crippen LogP contribution in [0.25, 0.3) is 27.8 Å². The van der Waals surface area contributed by atoms with Gasteiger partial charge in [-0.2, -0.15) is 10.1 Å². The molecule has 0 heterocycles. The summed E-state index contributed by atoms with van der Waals surface area (Å²) >= 11 is 4.74. The van der Waals surface area contributed by atoms with E-state index in [9.17, 15) is 9.59 Å². The van der Waals surface area contributed by atoms with Crippen LogP contribution in [0, 0.1) is 11.3 Å². The third kappa shape index (κ3) is 7.01. The van der Waals surface area contributed by atoms with Crippen LogP contribution in [0.4, 0.5) is 0 Å². The summed E-state index contributed by atoms with van der Waals surface area (Å²) in [5, 5.41) is 7.52. The van der Waals surface area contributed by atoms with E-state index >= 15 is 0 Å². The minimum absolute atomic E-state index is 0.139. The lowest BCUT2D eigenvalue weighted by molar-refractivity contribution is -0.109. The third-order valence-electron chi connectivity index (χ3n) is 5.82. The van der Waals surface area contributed by atoms with Gasteiger partial charge in [-0.1, -0.05) is 96.7 Å². The molecule has 0 saturated heterocycles. The number of nitrogens with zero attached hydrogens (tertiary/aromatic N) is 3. The van der Waals surface area contributed by atoms with E-state index in [1.165, 1.54) is 47.9 Å². The zero-order valence-electron chi connectivity index (χ0n) is 21.8. The highest BCUT2D eigenvalue weighted by molar-refractivity contribution is 8.13. The van der Waals surface area contributed by atoms with Gasteiger partial charge in [0, 0.05) is 20.8 Å². The summed E-state index contributed by atoms with van der Waals surface area (Å²) in [4.78, 5) is 24.1. The average molecular weight is 550 g/mol. The van der Waals surface area contributed by atoms with Crippen molar-refractivity contribution in [2.24, 2.45) is 0 Å². The smallest absolute Gasteiger partial charge is 0.330 e. The average Bonchev–Trinajstić information content (AvgIpc) is 3.42. The number of hydrogen-bond donors (Lipinski definition) is 1. The Morgan fingerprint density at radius 1 is 0.744 bits per heavy atom. The fraction of sp³-hybridized carbons (Fsp3) is 0.125.